The van der Waals surface area contributed by atoms with E-state index in [4.69, 9.17) is 5.73 Å². The quantitative estimate of drug-likeness (QED) is 0.643. The molecule has 2 aromatic heterocycles. The van der Waals surface area contributed by atoms with Gasteiger partial charge in [-0.2, -0.15) is 0 Å². The van der Waals surface area contributed by atoms with Crippen LogP contribution in [-0.4, -0.2) is 20.6 Å². The molecule has 2 heterocycles. The van der Waals surface area contributed by atoms with Crippen LogP contribution in [0.15, 0.2) is 17.6 Å². The van der Waals surface area contributed by atoms with Gasteiger partial charge in [-0.05, 0) is 28.8 Å². The number of halogens is 1. The molecule has 4 nitrogen and oxygen atoms in total. The van der Waals surface area contributed by atoms with E-state index in [0.29, 0.717) is 5.82 Å². The summed E-state index contributed by atoms with van der Waals surface area (Å²) in [6, 6.07) is 0. The fourth-order valence-corrected chi connectivity index (χ4v) is 2.60. The lowest BCUT2D eigenvalue weighted by Crippen LogP contribution is -1.95. The Bertz CT molecular complexity index is 453. The average molecular weight is 306 g/mol. The van der Waals surface area contributed by atoms with Crippen LogP contribution in [-0.2, 0) is 0 Å². The summed E-state index contributed by atoms with van der Waals surface area (Å²) in [5.74, 6) is 0.528. The van der Waals surface area contributed by atoms with Gasteiger partial charge in [0.2, 0.25) is 0 Å². The first-order valence-corrected chi connectivity index (χ1v) is 5.86. The number of anilines is 1. The van der Waals surface area contributed by atoms with Gasteiger partial charge in [0.1, 0.15) is 9.22 Å². The van der Waals surface area contributed by atoms with E-state index in [1.165, 1.54) is 0 Å². The highest BCUT2D eigenvalue weighted by Crippen LogP contribution is 2.23. The van der Waals surface area contributed by atoms with E-state index < -0.39 is 0 Å². The standard InChI is InChI=1S/C7H7IN4S/c1-13-7-11-5(8)4-6(9)10-2-3-12(4)7/h2-3H,1H3,(H2,9,10). The third-order valence-electron chi connectivity index (χ3n) is 1.69. The fourth-order valence-electron chi connectivity index (χ4n) is 1.14. The molecular formula is C7H7IN4S. The van der Waals surface area contributed by atoms with Crippen LogP contribution in [0.25, 0.3) is 5.52 Å². The minimum absolute atomic E-state index is 0.528. The SMILES string of the molecule is CSc1nc(I)c2c(N)nccn12. The molecule has 0 aliphatic rings. The molecule has 0 aliphatic heterocycles. The molecule has 2 N–H and O–H groups in total. The van der Waals surface area contributed by atoms with Gasteiger partial charge in [0.05, 0.1) is 0 Å². The van der Waals surface area contributed by atoms with E-state index in [0.717, 1.165) is 14.4 Å². The molecule has 0 aromatic carbocycles. The lowest BCUT2D eigenvalue weighted by atomic mass is 10.5. The molecule has 0 bridgehead atoms. The lowest BCUT2D eigenvalue weighted by molar-refractivity contribution is 0.949. The zero-order valence-corrected chi connectivity index (χ0v) is 9.83. The summed E-state index contributed by atoms with van der Waals surface area (Å²) in [4.78, 5) is 8.38. The van der Waals surface area contributed by atoms with Crippen LogP contribution in [0.2, 0.25) is 0 Å². The van der Waals surface area contributed by atoms with Crippen LogP contribution >= 0.6 is 34.4 Å². The molecule has 0 saturated carbocycles. The summed E-state index contributed by atoms with van der Waals surface area (Å²) >= 11 is 3.75. The first-order valence-electron chi connectivity index (χ1n) is 3.56. The predicted molar refractivity (Wildman–Crippen MR) is 61.9 cm³/mol. The van der Waals surface area contributed by atoms with Gasteiger partial charge in [0.25, 0.3) is 0 Å². The highest BCUT2D eigenvalue weighted by Gasteiger charge is 2.10. The Kier molecular flexibility index (Phi) is 2.33. The summed E-state index contributed by atoms with van der Waals surface area (Å²) in [6.45, 7) is 0. The number of nitrogen functional groups attached to an aromatic ring is 1. The molecule has 0 atom stereocenters. The predicted octanol–water partition coefficient (Wildman–Crippen LogP) is 1.64. The molecule has 0 radical (unpaired) electrons. The molecular weight excluding hydrogens is 299 g/mol. The molecule has 0 unspecified atom stereocenters. The Labute approximate surface area is 93.1 Å². The zero-order chi connectivity index (χ0) is 9.42. The smallest absolute Gasteiger partial charge is 0.173 e. The number of fused-ring (bicyclic) bond motifs is 1. The van der Waals surface area contributed by atoms with Gasteiger partial charge < -0.3 is 5.73 Å². The minimum atomic E-state index is 0.528. The Hall–Kier alpha value is -0.500. The molecule has 2 rings (SSSR count). The Balaban J connectivity index is 2.87. The summed E-state index contributed by atoms with van der Waals surface area (Å²) in [7, 11) is 0. The van der Waals surface area contributed by atoms with E-state index >= 15 is 0 Å². The van der Waals surface area contributed by atoms with Crippen molar-refractivity contribution in [1.82, 2.24) is 14.4 Å². The van der Waals surface area contributed by atoms with Crippen molar-refractivity contribution in [3.05, 3.63) is 16.1 Å². The highest BCUT2D eigenvalue weighted by molar-refractivity contribution is 14.1. The summed E-state index contributed by atoms with van der Waals surface area (Å²) in [5, 5.41) is 0.938. The largest absolute Gasteiger partial charge is 0.382 e. The average Bonchev–Trinajstić information content (AvgIpc) is 2.44. The van der Waals surface area contributed by atoms with Gasteiger partial charge in [-0.3, -0.25) is 4.40 Å². The van der Waals surface area contributed by atoms with E-state index in [-0.39, 0.29) is 0 Å². The number of imidazole rings is 1. The Morgan fingerprint density at radius 1 is 1.62 bits per heavy atom. The highest BCUT2D eigenvalue weighted by atomic mass is 127. The summed E-state index contributed by atoms with van der Waals surface area (Å²) in [6.07, 6.45) is 5.54. The maximum absolute atomic E-state index is 5.74. The summed E-state index contributed by atoms with van der Waals surface area (Å²) < 4.78 is 2.85. The van der Waals surface area contributed by atoms with Crippen molar-refractivity contribution in [2.75, 3.05) is 12.0 Å². The second-order valence-corrected chi connectivity index (χ2v) is 4.22. The molecule has 0 saturated heterocycles. The maximum Gasteiger partial charge on any atom is 0.173 e. The van der Waals surface area contributed by atoms with Gasteiger partial charge in [0, 0.05) is 12.4 Å². The lowest BCUT2D eigenvalue weighted by Gasteiger charge is -1.98. The maximum atomic E-state index is 5.74. The van der Waals surface area contributed by atoms with Crippen molar-refractivity contribution in [2.45, 2.75) is 5.16 Å². The minimum Gasteiger partial charge on any atom is -0.382 e. The number of thioether (sulfide) groups is 1. The van der Waals surface area contributed by atoms with Crippen molar-refractivity contribution >= 4 is 45.7 Å². The first-order chi connectivity index (χ1) is 6.24. The third-order valence-corrected chi connectivity index (χ3v) is 3.10. The van der Waals surface area contributed by atoms with E-state index in [9.17, 15) is 0 Å². The molecule has 0 aliphatic carbocycles. The van der Waals surface area contributed by atoms with Gasteiger partial charge in [-0.1, -0.05) is 11.8 Å². The molecule has 68 valence electrons. The third kappa shape index (κ3) is 1.37. The van der Waals surface area contributed by atoms with E-state index in [2.05, 4.69) is 32.6 Å². The van der Waals surface area contributed by atoms with Crippen LogP contribution in [0.4, 0.5) is 5.82 Å². The molecule has 2 aromatic rings. The number of hydrogen-bond acceptors (Lipinski definition) is 4. The molecule has 0 amide bonds. The summed E-state index contributed by atoms with van der Waals surface area (Å²) in [5.41, 5.74) is 6.63. The molecule has 0 fully saturated rings. The van der Waals surface area contributed by atoms with E-state index in [1.54, 1.807) is 18.0 Å². The van der Waals surface area contributed by atoms with Crippen molar-refractivity contribution < 1.29 is 0 Å². The monoisotopic (exact) mass is 306 g/mol. The second kappa shape index (κ2) is 3.33. The van der Waals surface area contributed by atoms with Crippen LogP contribution in [0.5, 0.6) is 0 Å². The van der Waals surface area contributed by atoms with Crippen LogP contribution < -0.4 is 5.73 Å². The van der Waals surface area contributed by atoms with Gasteiger partial charge in [0.15, 0.2) is 11.0 Å². The Morgan fingerprint density at radius 2 is 2.38 bits per heavy atom. The van der Waals surface area contributed by atoms with Crippen molar-refractivity contribution in [3.8, 4) is 0 Å². The number of nitrogens with two attached hydrogens (primary N) is 1. The molecule has 0 spiro atoms. The first kappa shape index (κ1) is 9.07. The van der Waals surface area contributed by atoms with Crippen molar-refractivity contribution in [1.29, 1.82) is 0 Å². The van der Waals surface area contributed by atoms with Gasteiger partial charge in [-0.15, -0.1) is 0 Å². The van der Waals surface area contributed by atoms with Crippen LogP contribution in [0.3, 0.4) is 0 Å². The topological polar surface area (TPSA) is 56.2 Å². The number of hydrogen-bond donors (Lipinski definition) is 1. The van der Waals surface area contributed by atoms with Crippen molar-refractivity contribution in [3.63, 3.8) is 0 Å². The van der Waals surface area contributed by atoms with Crippen LogP contribution in [0.1, 0.15) is 0 Å². The fraction of sp³-hybridized carbons (Fsp3) is 0.143. The zero-order valence-electron chi connectivity index (χ0n) is 6.86. The number of rotatable bonds is 1. The molecule has 6 heteroatoms. The number of aromatic nitrogens is 3. The van der Waals surface area contributed by atoms with Gasteiger partial charge in [-0.25, -0.2) is 9.97 Å². The normalized spacial score (nSPS) is 10.9. The second-order valence-electron chi connectivity index (χ2n) is 2.42. The Morgan fingerprint density at radius 3 is 3.08 bits per heavy atom. The van der Waals surface area contributed by atoms with Crippen LogP contribution in [0, 0.1) is 3.70 Å². The van der Waals surface area contributed by atoms with Gasteiger partial charge >= 0.3 is 0 Å². The molecule has 13 heavy (non-hydrogen) atoms. The van der Waals surface area contributed by atoms with E-state index in [1.807, 2.05) is 16.9 Å². The van der Waals surface area contributed by atoms with Crippen molar-refractivity contribution in [2.24, 2.45) is 0 Å². The number of nitrogens with zero attached hydrogens (tertiary/aromatic N) is 3.